The summed E-state index contributed by atoms with van der Waals surface area (Å²) in [6.07, 6.45) is 4.21. The summed E-state index contributed by atoms with van der Waals surface area (Å²) in [6.45, 7) is 2.12. The largest absolute Gasteiger partial charge is 0.493 e. The van der Waals surface area contributed by atoms with Crippen LogP contribution in [0.2, 0.25) is 0 Å². The van der Waals surface area contributed by atoms with Crippen LogP contribution >= 0.6 is 0 Å². The second-order valence-electron chi connectivity index (χ2n) is 8.63. The lowest BCUT2D eigenvalue weighted by atomic mass is 9.88. The highest BCUT2D eigenvalue weighted by atomic mass is 16.5. The number of hydrogen-bond acceptors (Lipinski definition) is 4. The number of benzene rings is 3. The van der Waals surface area contributed by atoms with Crippen LogP contribution in [0.1, 0.15) is 42.0 Å². The second-order valence-corrected chi connectivity index (χ2v) is 8.63. The third-order valence-corrected chi connectivity index (χ3v) is 5.66. The van der Waals surface area contributed by atoms with Gasteiger partial charge >= 0.3 is 5.97 Å². The molecule has 0 heterocycles. The fraction of sp³-hybridized carbons (Fsp3) is 0.276. The first-order valence-electron chi connectivity index (χ1n) is 11.5. The third kappa shape index (κ3) is 7.87. The first kappa shape index (κ1) is 25.2. The van der Waals surface area contributed by atoms with Gasteiger partial charge in [0, 0.05) is 19.3 Å². The summed E-state index contributed by atoms with van der Waals surface area (Å²) in [5.41, 5.74) is 2.60. The molecule has 1 unspecified atom stereocenters. The molecule has 178 valence electrons. The Hall–Kier alpha value is -3.41. The van der Waals surface area contributed by atoms with Crippen LogP contribution in [-0.4, -0.2) is 34.0 Å². The molecule has 2 atom stereocenters. The minimum atomic E-state index is -1.01. The average Bonchev–Trinajstić information content (AvgIpc) is 2.82. The normalized spacial score (nSPS) is 14.0. The summed E-state index contributed by atoms with van der Waals surface area (Å²) in [5.74, 6) is -0.200. The number of carboxylic acids is 1. The Kier molecular flexibility index (Phi) is 9.02. The number of para-hydroxylation sites is 1. The summed E-state index contributed by atoms with van der Waals surface area (Å²) in [7, 11) is 0. The van der Waals surface area contributed by atoms with Crippen LogP contribution in [-0.2, 0) is 23.2 Å². The highest BCUT2D eigenvalue weighted by Crippen LogP contribution is 2.26. The number of aliphatic hydroxyl groups is 2. The molecule has 0 aliphatic rings. The van der Waals surface area contributed by atoms with E-state index in [9.17, 15) is 15.0 Å². The maximum absolute atomic E-state index is 11.0. The van der Waals surface area contributed by atoms with Gasteiger partial charge in [0.25, 0.3) is 0 Å². The van der Waals surface area contributed by atoms with Crippen molar-refractivity contribution in [3.05, 3.63) is 107 Å². The van der Waals surface area contributed by atoms with Gasteiger partial charge in [0.2, 0.25) is 0 Å². The Labute approximate surface area is 201 Å². The molecule has 3 N–H and O–H groups in total. The standard InChI is InChI=1S/C29H32O5/c1-29(33,21-23-8-3-2-4-9-23)25-12-7-10-22(20-25)14-16-26(30)18-19-34-27-13-6-5-11-24(27)15-17-28(31)32/h2-14,16,20,26,30,33H,15,17-19,21H2,1H3,(H,31,32)/b16-14+/t26-,29?/m0/s1. The topological polar surface area (TPSA) is 87.0 Å². The minimum absolute atomic E-state index is 0.0447. The fourth-order valence-electron chi connectivity index (χ4n) is 3.77. The molecule has 0 fully saturated rings. The Bertz CT molecular complexity index is 1090. The number of hydrogen-bond donors (Lipinski definition) is 3. The van der Waals surface area contributed by atoms with E-state index in [0.717, 1.165) is 22.3 Å². The molecule has 0 aliphatic carbocycles. The molecule has 3 aromatic rings. The van der Waals surface area contributed by atoms with Crippen LogP contribution in [0.5, 0.6) is 5.75 Å². The molecule has 3 aromatic carbocycles. The SMILES string of the molecule is CC(O)(Cc1ccccc1)c1cccc(/C=C/[C@H](O)CCOc2ccccc2CCC(=O)O)c1. The molecule has 0 radical (unpaired) electrons. The maximum Gasteiger partial charge on any atom is 0.303 e. The predicted octanol–water partition coefficient (Wildman–Crippen LogP) is 5.00. The number of aryl methyl sites for hydroxylation is 1. The molecule has 5 heteroatoms. The molecule has 3 rings (SSSR count). The number of carboxylic acid groups (broad SMARTS) is 1. The molecular formula is C29H32O5. The van der Waals surface area contributed by atoms with Crippen LogP contribution in [0, 0.1) is 0 Å². The van der Waals surface area contributed by atoms with Crippen LogP contribution in [0.4, 0.5) is 0 Å². The van der Waals surface area contributed by atoms with Crippen LogP contribution < -0.4 is 4.74 Å². The quantitative estimate of drug-likeness (QED) is 0.354. The van der Waals surface area contributed by atoms with Crippen molar-refractivity contribution in [2.75, 3.05) is 6.61 Å². The number of aliphatic hydroxyl groups excluding tert-OH is 1. The lowest BCUT2D eigenvalue weighted by Gasteiger charge is -2.24. The van der Waals surface area contributed by atoms with Gasteiger partial charge in [-0.1, -0.05) is 78.9 Å². The van der Waals surface area contributed by atoms with E-state index in [0.29, 0.717) is 31.6 Å². The molecule has 0 saturated heterocycles. The van der Waals surface area contributed by atoms with Crippen molar-refractivity contribution in [3.8, 4) is 5.75 Å². The zero-order valence-corrected chi connectivity index (χ0v) is 19.4. The smallest absolute Gasteiger partial charge is 0.303 e. The summed E-state index contributed by atoms with van der Waals surface area (Å²) < 4.78 is 5.79. The van der Waals surface area contributed by atoms with Gasteiger partial charge in [-0.2, -0.15) is 0 Å². The predicted molar refractivity (Wildman–Crippen MR) is 134 cm³/mol. The molecule has 0 bridgehead atoms. The van der Waals surface area contributed by atoms with Crippen LogP contribution in [0.3, 0.4) is 0 Å². The van der Waals surface area contributed by atoms with Crippen molar-refractivity contribution in [1.82, 2.24) is 0 Å². The summed E-state index contributed by atoms with van der Waals surface area (Å²) in [5, 5.41) is 30.3. The monoisotopic (exact) mass is 460 g/mol. The Balaban J connectivity index is 1.54. The summed E-state index contributed by atoms with van der Waals surface area (Å²) in [4.78, 5) is 10.8. The zero-order valence-electron chi connectivity index (χ0n) is 19.4. The number of rotatable bonds is 12. The Morgan fingerprint density at radius 1 is 1.03 bits per heavy atom. The fourth-order valence-corrected chi connectivity index (χ4v) is 3.77. The molecule has 0 saturated carbocycles. The van der Waals surface area contributed by atoms with Gasteiger partial charge in [0.05, 0.1) is 18.3 Å². The Morgan fingerprint density at radius 2 is 1.76 bits per heavy atom. The van der Waals surface area contributed by atoms with Gasteiger partial charge in [0.15, 0.2) is 0 Å². The first-order chi connectivity index (χ1) is 16.3. The van der Waals surface area contributed by atoms with Crippen molar-refractivity contribution in [1.29, 1.82) is 0 Å². The van der Waals surface area contributed by atoms with E-state index in [-0.39, 0.29) is 6.42 Å². The van der Waals surface area contributed by atoms with E-state index >= 15 is 0 Å². The van der Waals surface area contributed by atoms with E-state index in [1.165, 1.54) is 0 Å². The van der Waals surface area contributed by atoms with Crippen molar-refractivity contribution < 1.29 is 24.9 Å². The number of ether oxygens (including phenoxy) is 1. The van der Waals surface area contributed by atoms with Gasteiger partial charge in [-0.25, -0.2) is 0 Å². The van der Waals surface area contributed by atoms with Gasteiger partial charge < -0.3 is 20.1 Å². The molecule has 0 spiro atoms. The molecule has 5 nitrogen and oxygen atoms in total. The van der Waals surface area contributed by atoms with Gasteiger partial charge in [0.1, 0.15) is 5.75 Å². The van der Waals surface area contributed by atoms with Gasteiger partial charge in [-0.3, -0.25) is 4.79 Å². The lowest BCUT2D eigenvalue weighted by Crippen LogP contribution is -2.24. The highest BCUT2D eigenvalue weighted by Gasteiger charge is 2.23. The summed E-state index contributed by atoms with van der Waals surface area (Å²) in [6, 6.07) is 24.9. The molecule has 0 aliphatic heterocycles. The lowest BCUT2D eigenvalue weighted by molar-refractivity contribution is -0.136. The van der Waals surface area contributed by atoms with E-state index in [1.807, 2.05) is 91.9 Å². The van der Waals surface area contributed by atoms with E-state index in [4.69, 9.17) is 9.84 Å². The maximum atomic E-state index is 11.0. The average molecular weight is 461 g/mol. The minimum Gasteiger partial charge on any atom is -0.493 e. The number of carbonyl (C=O) groups is 1. The second kappa shape index (κ2) is 12.2. The molecule has 34 heavy (non-hydrogen) atoms. The van der Waals surface area contributed by atoms with Crippen molar-refractivity contribution in [3.63, 3.8) is 0 Å². The zero-order chi connectivity index (χ0) is 24.4. The highest BCUT2D eigenvalue weighted by molar-refractivity contribution is 5.67. The van der Waals surface area contributed by atoms with E-state index in [1.54, 1.807) is 6.08 Å². The van der Waals surface area contributed by atoms with Crippen LogP contribution in [0.15, 0.2) is 84.9 Å². The molecule has 0 amide bonds. The van der Waals surface area contributed by atoms with Crippen LogP contribution in [0.25, 0.3) is 6.08 Å². The van der Waals surface area contributed by atoms with Gasteiger partial charge in [-0.05, 0) is 47.7 Å². The summed E-state index contributed by atoms with van der Waals surface area (Å²) >= 11 is 0. The third-order valence-electron chi connectivity index (χ3n) is 5.66. The van der Waals surface area contributed by atoms with Gasteiger partial charge in [-0.15, -0.1) is 0 Å². The molecular weight excluding hydrogens is 428 g/mol. The van der Waals surface area contributed by atoms with Crippen molar-refractivity contribution in [2.24, 2.45) is 0 Å². The van der Waals surface area contributed by atoms with E-state index < -0.39 is 17.7 Å². The molecule has 0 aromatic heterocycles. The van der Waals surface area contributed by atoms with Crippen molar-refractivity contribution in [2.45, 2.75) is 44.3 Å². The van der Waals surface area contributed by atoms with Crippen molar-refractivity contribution >= 4 is 12.0 Å². The van der Waals surface area contributed by atoms with E-state index in [2.05, 4.69) is 0 Å². The Morgan fingerprint density at radius 3 is 2.53 bits per heavy atom. The number of aliphatic carboxylic acids is 1. The first-order valence-corrected chi connectivity index (χ1v) is 11.5.